The van der Waals surface area contributed by atoms with Crippen LogP contribution in [0.5, 0.6) is 0 Å². The van der Waals surface area contributed by atoms with E-state index in [0.717, 1.165) is 21.7 Å². The minimum absolute atomic E-state index is 0.0272. The third-order valence-corrected chi connectivity index (χ3v) is 6.43. The number of para-hydroxylation sites is 1. The van der Waals surface area contributed by atoms with Crippen LogP contribution in [-0.2, 0) is 16.1 Å². The maximum absolute atomic E-state index is 13.4. The lowest BCUT2D eigenvalue weighted by Crippen LogP contribution is -2.33. The van der Waals surface area contributed by atoms with Gasteiger partial charge in [0.05, 0.1) is 23.7 Å². The van der Waals surface area contributed by atoms with Crippen molar-refractivity contribution in [2.24, 2.45) is 0 Å². The molecule has 0 saturated heterocycles. The van der Waals surface area contributed by atoms with E-state index in [-0.39, 0.29) is 11.8 Å². The van der Waals surface area contributed by atoms with Gasteiger partial charge in [0, 0.05) is 24.1 Å². The van der Waals surface area contributed by atoms with Crippen LogP contribution in [0.3, 0.4) is 0 Å². The quantitative estimate of drug-likeness (QED) is 0.398. The van der Waals surface area contributed by atoms with Crippen molar-refractivity contribution in [2.75, 3.05) is 25.2 Å². The fourth-order valence-corrected chi connectivity index (χ4v) is 4.60. The predicted octanol–water partition coefficient (Wildman–Crippen LogP) is 5.05. The number of anilines is 1. The molecule has 0 fully saturated rings. The summed E-state index contributed by atoms with van der Waals surface area (Å²) >= 11 is 1.48. The number of fused-ring (bicyclic) bond motifs is 1. The topological polar surface area (TPSA) is 58.6 Å². The number of nitrogens with zero attached hydrogens (tertiary/aromatic N) is 1. The van der Waals surface area contributed by atoms with E-state index >= 15 is 0 Å². The Kier molecular flexibility index (Phi) is 7.27. The van der Waals surface area contributed by atoms with Gasteiger partial charge in [0.25, 0.3) is 11.8 Å². The zero-order valence-corrected chi connectivity index (χ0v) is 19.5. The SMILES string of the molecule is COCCNC(=O)c1ccc(C=C2Sc3ccccc3N(Cc3ccc(C)cc3)C2=O)cc1. The Hall–Kier alpha value is -3.35. The fraction of sp³-hybridized carbons (Fsp3) is 0.185. The standard InChI is InChI=1S/C27H26N2O3S/c1-19-7-9-21(10-8-19)18-29-23-5-3-4-6-24(23)33-25(27(29)31)17-20-11-13-22(14-12-20)26(30)28-15-16-32-2/h3-14,17H,15-16,18H2,1-2H3,(H,28,30). The van der Waals surface area contributed by atoms with Crippen molar-refractivity contribution in [1.82, 2.24) is 5.32 Å². The monoisotopic (exact) mass is 458 g/mol. The molecule has 0 bridgehead atoms. The number of thioether (sulfide) groups is 1. The van der Waals surface area contributed by atoms with E-state index in [1.807, 2.05) is 47.4 Å². The van der Waals surface area contributed by atoms with Crippen molar-refractivity contribution < 1.29 is 14.3 Å². The van der Waals surface area contributed by atoms with E-state index in [9.17, 15) is 9.59 Å². The highest BCUT2D eigenvalue weighted by Gasteiger charge is 2.29. The van der Waals surface area contributed by atoms with E-state index in [2.05, 4.69) is 36.5 Å². The molecule has 0 aliphatic carbocycles. The Labute approximate surface area is 198 Å². The molecule has 1 aliphatic rings. The number of rotatable bonds is 7. The number of nitrogens with one attached hydrogen (secondary N) is 1. The molecular formula is C27H26N2O3S. The number of carbonyl (C=O) groups is 2. The third-order valence-electron chi connectivity index (χ3n) is 5.36. The van der Waals surface area contributed by atoms with E-state index in [1.54, 1.807) is 19.2 Å². The van der Waals surface area contributed by atoms with Crippen LogP contribution in [0.1, 0.15) is 27.0 Å². The molecule has 168 valence electrons. The van der Waals surface area contributed by atoms with Crippen molar-refractivity contribution >= 4 is 35.3 Å². The third kappa shape index (κ3) is 5.53. The van der Waals surface area contributed by atoms with E-state index < -0.39 is 0 Å². The summed E-state index contributed by atoms with van der Waals surface area (Å²) in [4.78, 5) is 29.2. The number of benzene rings is 3. The Morgan fingerprint density at radius 1 is 1.03 bits per heavy atom. The van der Waals surface area contributed by atoms with Gasteiger partial charge in [0.2, 0.25) is 0 Å². The molecule has 0 saturated carbocycles. The van der Waals surface area contributed by atoms with Gasteiger partial charge < -0.3 is 15.0 Å². The Balaban J connectivity index is 1.57. The normalized spacial score (nSPS) is 14.3. The minimum atomic E-state index is -0.146. The lowest BCUT2D eigenvalue weighted by molar-refractivity contribution is -0.114. The molecule has 6 heteroatoms. The fourth-order valence-electron chi connectivity index (χ4n) is 3.55. The number of carbonyl (C=O) groups excluding carboxylic acids is 2. The van der Waals surface area contributed by atoms with Gasteiger partial charge >= 0.3 is 0 Å². The summed E-state index contributed by atoms with van der Waals surface area (Å²) in [6.45, 7) is 3.49. The molecule has 1 aliphatic heterocycles. The van der Waals surface area contributed by atoms with Crippen molar-refractivity contribution in [1.29, 1.82) is 0 Å². The average Bonchev–Trinajstić information content (AvgIpc) is 2.83. The van der Waals surface area contributed by atoms with Crippen LogP contribution < -0.4 is 10.2 Å². The first-order valence-corrected chi connectivity index (χ1v) is 11.6. The average molecular weight is 459 g/mol. The second kappa shape index (κ2) is 10.5. The summed E-state index contributed by atoms with van der Waals surface area (Å²) < 4.78 is 4.96. The number of amides is 2. The van der Waals surface area contributed by atoms with Gasteiger partial charge in [0.15, 0.2) is 0 Å². The number of aryl methyl sites for hydroxylation is 1. The largest absolute Gasteiger partial charge is 0.383 e. The van der Waals surface area contributed by atoms with E-state index in [0.29, 0.717) is 30.2 Å². The van der Waals surface area contributed by atoms with E-state index in [4.69, 9.17) is 4.74 Å². The van der Waals surface area contributed by atoms with Crippen molar-refractivity contribution in [2.45, 2.75) is 18.4 Å². The highest BCUT2D eigenvalue weighted by atomic mass is 32.2. The van der Waals surface area contributed by atoms with E-state index in [1.165, 1.54) is 17.3 Å². The maximum atomic E-state index is 13.4. The zero-order chi connectivity index (χ0) is 23.2. The number of hydrogen-bond acceptors (Lipinski definition) is 4. The molecule has 3 aromatic rings. The van der Waals surface area contributed by atoms with Gasteiger partial charge in [-0.1, -0.05) is 65.9 Å². The molecule has 4 rings (SSSR count). The lowest BCUT2D eigenvalue weighted by Gasteiger charge is -2.30. The smallest absolute Gasteiger partial charge is 0.265 e. The van der Waals surface area contributed by atoms with Gasteiger partial charge in [-0.05, 0) is 48.4 Å². The van der Waals surface area contributed by atoms with Crippen LogP contribution in [0.4, 0.5) is 5.69 Å². The first-order valence-electron chi connectivity index (χ1n) is 10.8. The second-order valence-electron chi connectivity index (χ2n) is 7.83. The van der Waals surface area contributed by atoms with Gasteiger partial charge in [-0.2, -0.15) is 0 Å². The van der Waals surface area contributed by atoms with Crippen LogP contribution in [0.25, 0.3) is 6.08 Å². The van der Waals surface area contributed by atoms with Gasteiger partial charge in [-0.15, -0.1) is 0 Å². The Bertz CT molecular complexity index is 1170. The molecule has 3 aromatic carbocycles. The summed E-state index contributed by atoms with van der Waals surface area (Å²) in [5.41, 5.74) is 4.64. The maximum Gasteiger partial charge on any atom is 0.265 e. The molecule has 0 spiro atoms. The van der Waals surface area contributed by atoms with Crippen LogP contribution in [0.2, 0.25) is 0 Å². The molecule has 2 amide bonds. The van der Waals surface area contributed by atoms with Crippen LogP contribution in [0, 0.1) is 6.92 Å². The van der Waals surface area contributed by atoms with Gasteiger partial charge in [-0.3, -0.25) is 9.59 Å². The van der Waals surface area contributed by atoms with Crippen molar-refractivity contribution in [3.05, 3.63) is 100.0 Å². The minimum Gasteiger partial charge on any atom is -0.383 e. The van der Waals surface area contributed by atoms with Crippen molar-refractivity contribution in [3.8, 4) is 0 Å². The summed E-state index contributed by atoms with van der Waals surface area (Å²) in [7, 11) is 1.60. The van der Waals surface area contributed by atoms with Crippen LogP contribution >= 0.6 is 11.8 Å². The predicted molar refractivity (Wildman–Crippen MR) is 133 cm³/mol. The van der Waals surface area contributed by atoms with Gasteiger partial charge in [0.1, 0.15) is 0 Å². The number of ether oxygens (including phenoxy) is 1. The highest BCUT2D eigenvalue weighted by molar-refractivity contribution is 8.04. The second-order valence-corrected chi connectivity index (χ2v) is 8.91. The molecule has 1 heterocycles. The van der Waals surface area contributed by atoms with Crippen molar-refractivity contribution in [3.63, 3.8) is 0 Å². The van der Waals surface area contributed by atoms with Gasteiger partial charge in [-0.25, -0.2) is 0 Å². The highest BCUT2D eigenvalue weighted by Crippen LogP contribution is 2.42. The summed E-state index contributed by atoms with van der Waals surface area (Å²) in [5, 5.41) is 2.81. The molecule has 5 nitrogen and oxygen atoms in total. The molecule has 1 N–H and O–H groups in total. The number of methoxy groups -OCH3 is 1. The van der Waals surface area contributed by atoms with Crippen LogP contribution in [0.15, 0.2) is 82.6 Å². The molecule has 33 heavy (non-hydrogen) atoms. The number of hydrogen-bond donors (Lipinski definition) is 1. The molecule has 0 unspecified atom stereocenters. The van der Waals surface area contributed by atoms with Crippen LogP contribution in [-0.4, -0.2) is 32.1 Å². The Morgan fingerprint density at radius 2 is 1.76 bits per heavy atom. The Morgan fingerprint density at radius 3 is 2.48 bits per heavy atom. The molecule has 0 radical (unpaired) electrons. The lowest BCUT2D eigenvalue weighted by atomic mass is 10.1. The zero-order valence-electron chi connectivity index (χ0n) is 18.7. The summed E-state index contributed by atoms with van der Waals surface area (Å²) in [5.74, 6) is -0.173. The first kappa shape index (κ1) is 22.8. The molecular weight excluding hydrogens is 432 g/mol. The summed E-state index contributed by atoms with van der Waals surface area (Å²) in [6, 6.07) is 23.5. The first-order chi connectivity index (χ1) is 16.0. The molecule has 0 aromatic heterocycles. The molecule has 0 atom stereocenters. The summed E-state index contributed by atoms with van der Waals surface area (Å²) in [6.07, 6.45) is 1.89.